The molecule has 2 heteroatoms. The molecule has 0 aliphatic rings. The Kier molecular flexibility index (Phi) is 16.1. The van der Waals surface area contributed by atoms with Crippen LogP contribution in [-0.4, -0.2) is 13.2 Å². The molecule has 0 aromatic heterocycles. The Balaban J connectivity index is 0. The molecular weight excluding hydrogens is 119 g/mol. The molecule has 0 amide bonds. The second-order valence-electron chi connectivity index (χ2n) is 2.32. The Hall–Kier alpha value is 0.557. The van der Waals surface area contributed by atoms with Crippen molar-refractivity contribution in [3.8, 4) is 0 Å². The molecule has 0 radical (unpaired) electrons. The zero-order chi connectivity index (χ0) is 6.95. The summed E-state index contributed by atoms with van der Waals surface area (Å²) in [5, 5.41) is 0. The van der Waals surface area contributed by atoms with Crippen molar-refractivity contribution in [2.45, 2.75) is 39.5 Å². The monoisotopic (exact) mass is 137 g/mol. The Labute approximate surface area is 76.7 Å². The molecule has 0 atom stereocenters. The van der Waals surface area contributed by atoms with Gasteiger partial charge in [0.1, 0.15) is 0 Å². The normalized spacial score (nSPS) is 9.00. The summed E-state index contributed by atoms with van der Waals surface area (Å²) in [4.78, 5) is 0. The summed E-state index contributed by atoms with van der Waals surface area (Å²) in [7, 11) is 0. The minimum atomic E-state index is 0. The molecule has 0 heterocycles. The van der Waals surface area contributed by atoms with Gasteiger partial charge in [-0.3, -0.25) is 0 Å². The van der Waals surface area contributed by atoms with E-state index in [4.69, 9.17) is 4.74 Å². The van der Waals surface area contributed by atoms with Crippen molar-refractivity contribution in [1.82, 2.24) is 0 Å². The molecule has 0 fully saturated rings. The molecule has 0 rings (SSSR count). The fourth-order valence-corrected chi connectivity index (χ4v) is 0.595. The van der Waals surface area contributed by atoms with E-state index in [1.165, 1.54) is 25.7 Å². The number of hydrogen-bond acceptors (Lipinski definition) is 1. The van der Waals surface area contributed by atoms with Crippen LogP contribution >= 0.6 is 0 Å². The Morgan fingerprint density at radius 2 is 1.30 bits per heavy atom. The van der Waals surface area contributed by atoms with Gasteiger partial charge < -0.3 is 4.74 Å². The Morgan fingerprint density at radius 1 is 0.900 bits per heavy atom. The summed E-state index contributed by atoms with van der Waals surface area (Å²) < 4.78 is 5.31. The molecule has 0 bridgehead atoms. The number of unbranched alkanes of at least 4 members (excludes halogenated alkanes) is 2. The van der Waals surface area contributed by atoms with Crippen LogP contribution in [0.2, 0.25) is 0 Å². The number of hydrogen-bond donors (Lipinski definition) is 0. The minimum Gasteiger partial charge on any atom is -0.381 e. The molecule has 1 nitrogen and oxygen atoms in total. The third-order valence-corrected chi connectivity index (χ3v) is 1.28. The van der Waals surface area contributed by atoms with E-state index in [0.717, 1.165) is 13.2 Å². The topological polar surface area (TPSA) is 9.23 Å². The molecule has 0 aromatic rings. The molecule has 0 unspecified atom stereocenters. The first-order chi connectivity index (χ1) is 4.41. The van der Waals surface area contributed by atoms with Crippen molar-refractivity contribution in [2.24, 2.45) is 0 Å². The van der Waals surface area contributed by atoms with E-state index in [1.54, 1.807) is 0 Å². The average molecular weight is 137 g/mol. The van der Waals surface area contributed by atoms with Gasteiger partial charge in [-0.25, -0.2) is 0 Å². The molecule has 0 aliphatic heterocycles. The fourth-order valence-electron chi connectivity index (χ4n) is 0.595. The van der Waals surface area contributed by atoms with Crippen molar-refractivity contribution in [2.75, 3.05) is 13.2 Å². The SMILES string of the molecule is CCCCOCCCC.[Li+]. The summed E-state index contributed by atoms with van der Waals surface area (Å²) >= 11 is 0. The predicted octanol–water partition coefficient (Wildman–Crippen LogP) is -0.393. The van der Waals surface area contributed by atoms with Crippen LogP contribution in [0.1, 0.15) is 39.5 Å². The van der Waals surface area contributed by atoms with Crippen LogP contribution in [0.15, 0.2) is 0 Å². The van der Waals surface area contributed by atoms with E-state index in [0.29, 0.717) is 0 Å². The number of ether oxygens (including phenoxy) is 1. The van der Waals surface area contributed by atoms with Gasteiger partial charge in [-0.15, -0.1) is 0 Å². The first kappa shape index (κ1) is 13.2. The van der Waals surface area contributed by atoms with Crippen molar-refractivity contribution in [3.05, 3.63) is 0 Å². The molecule has 0 aromatic carbocycles. The maximum absolute atomic E-state index is 5.31. The molecule has 0 aliphatic carbocycles. The second kappa shape index (κ2) is 12.3. The first-order valence-electron chi connectivity index (χ1n) is 3.99. The van der Waals surface area contributed by atoms with Gasteiger partial charge in [0.15, 0.2) is 0 Å². The summed E-state index contributed by atoms with van der Waals surface area (Å²) in [6.07, 6.45) is 4.91. The maximum Gasteiger partial charge on any atom is 1.00 e. The van der Waals surface area contributed by atoms with E-state index >= 15 is 0 Å². The van der Waals surface area contributed by atoms with Crippen LogP contribution in [0.5, 0.6) is 0 Å². The van der Waals surface area contributed by atoms with Crippen molar-refractivity contribution in [3.63, 3.8) is 0 Å². The van der Waals surface area contributed by atoms with Crippen LogP contribution in [-0.2, 0) is 4.74 Å². The third-order valence-electron chi connectivity index (χ3n) is 1.28. The fraction of sp³-hybridized carbons (Fsp3) is 1.00. The maximum atomic E-state index is 5.31. The largest absolute Gasteiger partial charge is 1.00 e. The zero-order valence-corrected chi connectivity index (χ0v) is 7.65. The van der Waals surface area contributed by atoms with E-state index < -0.39 is 0 Å². The van der Waals surface area contributed by atoms with Gasteiger partial charge in [0.2, 0.25) is 0 Å². The van der Waals surface area contributed by atoms with E-state index in [1.807, 2.05) is 0 Å². The van der Waals surface area contributed by atoms with Crippen molar-refractivity contribution in [1.29, 1.82) is 0 Å². The smallest absolute Gasteiger partial charge is 0.381 e. The Morgan fingerprint density at radius 3 is 1.60 bits per heavy atom. The van der Waals surface area contributed by atoms with Crippen LogP contribution in [0.4, 0.5) is 0 Å². The van der Waals surface area contributed by atoms with Crippen LogP contribution in [0, 0.1) is 0 Å². The van der Waals surface area contributed by atoms with Crippen LogP contribution in [0.3, 0.4) is 0 Å². The van der Waals surface area contributed by atoms with Gasteiger partial charge in [-0.1, -0.05) is 26.7 Å². The minimum absolute atomic E-state index is 0. The van der Waals surface area contributed by atoms with E-state index in [2.05, 4.69) is 13.8 Å². The summed E-state index contributed by atoms with van der Waals surface area (Å²) in [6.45, 7) is 6.28. The molecule has 0 saturated heterocycles. The van der Waals surface area contributed by atoms with Gasteiger partial charge in [0, 0.05) is 13.2 Å². The van der Waals surface area contributed by atoms with Crippen LogP contribution in [0.25, 0.3) is 0 Å². The molecule has 0 saturated carbocycles. The number of rotatable bonds is 6. The van der Waals surface area contributed by atoms with Gasteiger partial charge >= 0.3 is 18.9 Å². The predicted molar refractivity (Wildman–Crippen MR) is 40.6 cm³/mol. The van der Waals surface area contributed by atoms with Crippen molar-refractivity contribution < 1.29 is 23.6 Å². The zero-order valence-electron chi connectivity index (χ0n) is 7.65. The van der Waals surface area contributed by atoms with Gasteiger partial charge in [0.05, 0.1) is 0 Å². The quantitative estimate of drug-likeness (QED) is 0.358. The summed E-state index contributed by atoms with van der Waals surface area (Å²) in [6, 6.07) is 0. The standard InChI is InChI=1S/C8H18O.Li/c1-3-5-7-9-8-6-4-2;/h3-8H2,1-2H3;/q;+1. The van der Waals surface area contributed by atoms with E-state index in [9.17, 15) is 0 Å². The van der Waals surface area contributed by atoms with Gasteiger partial charge in [0.25, 0.3) is 0 Å². The van der Waals surface area contributed by atoms with Gasteiger partial charge in [-0.05, 0) is 12.8 Å². The molecule has 0 spiro atoms. The Bertz CT molecular complexity index is 42.5. The summed E-state index contributed by atoms with van der Waals surface area (Å²) in [5.41, 5.74) is 0. The second-order valence-corrected chi connectivity index (χ2v) is 2.32. The van der Waals surface area contributed by atoms with E-state index in [-0.39, 0.29) is 18.9 Å². The average Bonchev–Trinajstić information content (AvgIpc) is 1.89. The molecule has 56 valence electrons. The third kappa shape index (κ3) is 11.4. The first-order valence-corrected chi connectivity index (χ1v) is 3.99. The van der Waals surface area contributed by atoms with Crippen LogP contribution < -0.4 is 18.9 Å². The van der Waals surface area contributed by atoms with Crippen molar-refractivity contribution >= 4 is 0 Å². The molecule has 10 heavy (non-hydrogen) atoms. The molecular formula is C8H18LiO+. The van der Waals surface area contributed by atoms with Gasteiger partial charge in [-0.2, -0.15) is 0 Å². The molecule has 0 N–H and O–H groups in total. The summed E-state index contributed by atoms with van der Waals surface area (Å²) in [5.74, 6) is 0.